The number of rotatable bonds is 10. The summed E-state index contributed by atoms with van der Waals surface area (Å²) in [5, 5.41) is 18.2. The van der Waals surface area contributed by atoms with Crippen LogP contribution in [-0.4, -0.2) is 47.4 Å². The van der Waals surface area contributed by atoms with E-state index in [0.717, 1.165) is 25.7 Å². The predicted octanol–water partition coefficient (Wildman–Crippen LogP) is 1.76. The first kappa shape index (κ1) is 15.5. The molecule has 2 N–H and O–H groups in total. The summed E-state index contributed by atoms with van der Waals surface area (Å²) in [5.41, 5.74) is 0. The van der Waals surface area contributed by atoms with E-state index < -0.39 is 6.10 Å². The Labute approximate surface area is 101 Å². The number of ether oxygens (including phenoxy) is 1. The maximum atomic E-state index is 9.15. The zero-order valence-electron chi connectivity index (χ0n) is 8.87. The van der Waals surface area contributed by atoms with Crippen molar-refractivity contribution in [1.29, 1.82) is 0 Å². The van der Waals surface area contributed by atoms with Gasteiger partial charge in [-0.05, 0) is 12.8 Å². The monoisotopic (exact) mass is 258 g/mol. The van der Waals surface area contributed by atoms with Gasteiger partial charge in [0, 0.05) is 12.5 Å². The number of hydrogen-bond donors (Lipinski definition) is 2. The van der Waals surface area contributed by atoms with Crippen LogP contribution in [0.4, 0.5) is 0 Å². The van der Waals surface area contributed by atoms with Gasteiger partial charge in [-0.3, -0.25) is 0 Å². The molecule has 92 valence electrons. The summed E-state index contributed by atoms with van der Waals surface area (Å²) in [6.07, 6.45) is 2.69. The van der Waals surface area contributed by atoms with Crippen LogP contribution in [0.25, 0.3) is 0 Å². The van der Waals surface area contributed by atoms with Gasteiger partial charge in [0.25, 0.3) is 0 Å². The molecule has 0 heterocycles. The Hall–Kier alpha value is 0.460. The van der Waals surface area contributed by atoms with Crippen molar-refractivity contribution in [1.82, 2.24) is 0 Å². The first-order valence-corrected chi connectivity index (χ1v) is 6.33. The van der Waals surface area contributed by atoms with E-state index in [4.69, 9.17) is 38.2 Å². The van der Waals surface area contributed by atoms with Crippen LogP contribution in [0.3, 0.4) is 0 Å². The molecule has 0 spiro atoms. The van der Waals surface area contributed by atoms with E-state index in [-0.39, 0.29) is 12.0 Å². The molecule has 0 fully saturated rings. The van der Waals surface area contributed by atoms with Crippen molar-refractivity contribution in [3.05, 3.63) is 0 Å². The lowest BCUT2D eigenvalue weighted by Gasteiger charge is -2.08. The second kappa shape index (κ2) is 11.0. The van der Waals surface area contributed by atoms with Crippen molar-refractivity contribution >= 4 is 23.2 Å². The number of aliphatic hydroxyl groups excluding tert-OH is 2. The van der Waals surface area contributed by atoms with Crippen molar-refractivity contribution in [2.45, 2.75) is 37.9 Å². The van der Waals surface area contributed by atoms with Crippen LogP contribution in [0.2, 0.25) is 0 Å². The Morgan fingerprint density at radius 2 is 1.60 bits per heavy atom. The normalized spacial score (nSPS) is 15.2. The molecule has 0 aromatic carbocycles. The molecular formula is C10H20Cl2O3. The molecule has 0 saturated heterocycles. The summed E-state index contributed by atoms with van der Waals surface area (Å²) in [4.78, 5) is 0. The van der Waals surface area contributed by atoms with Gasteiger partial charge < -0.3 is 14.9 Å². The van der Waals surface area contributed by atoms with Crippen LogP contribution in [0.15, 0.2) is 0 Å². The van der Waals surface area contributed by atoms with Gasteiger partial charge in [-0.25, -0.2) is 0 Å². The second-order valence-corrected chi connectivity index (χ2v) is 4.16. The Kier molecular flexibility index (Phi) is 11.3. The smallest absolute Gasteiger partial charge is 0.0908 e. The molecule has 3 nitrogen and oxygen atoms in total. The summed E-state index contributed by atoms with van der Waals surface area (Å²) < 4.78 is 5.20. The lowest BCUT2D eigenvalue weighted by molar-refractivity contribution is 0.0458. The summed E-state index contributed by atoms with van der Waals surface area (Å²) in [6, 6.07) is 0. The van der Waals surface area contributed by atoms with Gasteiger partial charge in [0.2, 0.25) is 0 Å². The molecule has 2 unspecified atom stereocenters. The summed E-state index contributed by atoms with van der Waals surface area (Å²) >= 11 is 10.8. The van der Waals surface area contributed by atoms with E-state index in [1.54, 1.807) is 0 Å². The third kappa shape index (κ3) is 10.7. The van der Waals surface area contributed by atoms with Gasteiger partial charge in [-0.2, -0.15) is 0 Å². The zero-order valence-corrected chi connectivity index (χ0v) is 10.4. The molecule has 5 heteroatoms. The number of alkyl halides is 2. The highest BCUT2D eigenvalue weighted by atomic mass is 35.5. The van der Waals surface area contributed by atoms with Gasteiger partial charge in [0.1, 0.15) is 0 Å². The minimum atomic E-state index is -0.565. The van der Waals surface area contributed by atoms with Crippen LogP contribution in [-0.2, 0) is 4.74 Å². The van der Waals surface area contributed by atoms with Crippen LogP contribution >= 0.6 is 23.2 Å². The van der Waals surface area contributed by atoms with Gasteiger partial charge >= 0.3 is 0 Å². The van der Waals surface area contributed by atoms with E-state index in [1.807, 2.05) is 0 Å². The average molecular weight is 259 g/mol. The van der Waals surface area contributed by atoms with E-state index in [0.29, 0.717) is 19.1 Å². The fraction of sp³-hybridized carbons (Fsp3) is 1.00. The maximum Gasteiger partial charge on any atom is 0.0908 e. The molecule has 0 aromatic rings. The topological polar surface area (TPSA) is 49.7 Å². The molecule has 2 atom stereocenters. The van der Waals surface area contributed by atoms with E-state index in [9.17, 15) is 0 Å². The zero-order chi connectivity index (χ0) is 11.5. The molecule has 0 radical (unpaired) electrons. The fourth-order valence-electron chi connectivity index (χ4n) is 1.10. The Balaban J connectivity index is 3.05. The van der Waals surface area contributed by atoms with Gasteiger partial charge in [0.05, 0.1) is 24.7 Å². The lowest BCUT2D eigenvalue weighted by Crippen LogP contribution is -2.17. The van der Waals surface area contributed by atoms with Crippen LogP contribution in [0.1, 0.15) is 25.7 Å². The highest BCUT2D eigenvalue weighted by molar-refractivity contribution is 6.18. The van der Waals surface area contributed by atoms with Crippen LogP contribution in [0.5, 0.6) is 0 Å². The van der Waals surface area contributed by atoms with E-state index in [1.165, 1.54) is 0 Å². The summed E-state index contributed by atoms with van der Waals surface area (Å²) in [7, 11) is 0. The van der Waals surface area contributed by atoms with Gasteiger partial charge in [0.15, 0.2) is 0 Å². The highest BCUT2D eigenvalue weighted by Gasteiger charge is 2.02. The first-order chi connectivity index (χ1) is 7.20. The molecule has 0 aliphatic rings. The van der Waals surface area contributed by atoms with E-state index >= 15 is 0 Å². The molecular weight excluding hydrogens is 239 g/mol. The number of unbranched alkanes of at least 4 members (excludes halogenated alkanes) is 2. The molecule has 0 aliphatic heterocycles. The molecule has 0 bridgehead atoms. The highest BCUT2D eigenvalue weighted by Crippen LogP contribution is 2.05. The number of hydrogen-bond acceptors (Lipinski definition) is 3. The SMILES string of the molecule is OC(CCl)CCCCCOCC(O)CCl. The average Bonchev–Trinajstić information content (AvgIpc) is 2.26. The molecule has 0 rings (SSSR count). The summed E-state index contributed by atoms with van der Waals surface area (Å²) in [6.45, 7) is 0.929. The van der Waals surface area contributed by atoms with E-state index in [2.05, 4.69) is 0 Å². The molecule has 0 amide bonds. The minimum Gasteiger partial charge on any atom is -0.392 e. The fourth-order valence-corrected chi connectivity index (χ4v) is 1.35. The number of halogens is 2. The van der Waals surface area contributed by atoms with Crippen molar-refractivity contribution in [3.8, 4) is 0 Å². The molecule has 0 saturated carbocycles. The second-order valence-electron chi connectivity index (χ2n) is 3.54. The van der Waals surface area contributed by atoms with Crippen molar-refractivity contribution < 1.29 is 14.9 Å². The largest absolute Gasteiger partial charge is 0.392 e. The lowest BCUT2D eigenvalue weighted by atomic mass is 10.1. The van der Waals surface area contributed by atoms with Crippen molar-refractivity contribution in [3.63, 3.8) is 0 Å². The minimum absolute atomic E-state index is 0.210. The van der Waals surface area contributed by atoms with Crippen molar-refractivity contribution in [2.24, 2.45) is 0 Å². The molecule has 15 heavy (non-hydrogen) atoms. The maximum absolute atomic E-state index is 9.15. The first-order valence-electron chi connectivity index (χ1n) is 5.26. The quantitative estimate of drug-likeness (QED) is 0.464. The Morgan fingerprint density at radius 3 is 2.20 bits per heavy atom. The van der Waals surface area contributed by atoms with Crippen LogP contribution in [0, 0.1) is 0 Å². The third-order valence-corrected chi connectivity index (χ3v) is 2.70. The Bertz CT molecular complexity index is 122. The standard InChI is InChI=1S/C10H20Cl2O3/c11-6-9(13)4-2-1-3-5-15-8-10(14)7-12/h9-10,13-14H,1-8H2. The Morgan fingerprint density at radius 1 is 0.933 bits per heavy atom. The number of aliphatic hydroxyl groups is 2. The summed E-state index contributed by atoms with van der Waals surface area (Å²) in [5.74, 6) is 0.514. The predicted molar refractivity (Wildman–Crippen MR) is 62.7 cm³/mol. The third-order valence-electron chi connectivity index (χ3n) is 1.99. The molecule has 0 aliphatic carbocycles. The molecule has 0 aromatic heterocycles. The van der Waals surface area contributed by atoms with Crippen LogP contribution < -0.4 is 0 Å². The van der Waals surface area contributed by atoms with Crippen molar-refractivity contribution in [2.75, 3.05) is 25.0 Å². The van der Waals surface area contributed by atoms with Gasteiger partial charge in [-0.15, -0.1) is 23.2 Å². The van der Waals surface area contributed by atoms with Gasteiger partial charge in [-0.1, -0.05) is 12.8 Å².